The summed E-state index contributed by atoms with van der Waals surface area (Å²) in [5.41, 5.74) is 3.95. The average molecular weight is 329 g/mol. The quantitative estimate of drug-likeness (QED) is 0.937. The Balaban J connectivity index is 1.53. The topological polar surface area (TPSA) is 35.6 Å². The number of carbonyl (C=O) groups is 1. The zero-order valence-electron chi connectivity index (χ0n) is 13.7. The van der Waals surface area contributed by atoms with Gasteiger partial charge < -0.3 is 15.1 Å². The molecule has 2 amide bonds. The number of thiophene rings is 1. The lowest BCUT2D eigenvalue weighted by atomic mass is 10.1. The maximum atomic E-state index is 12.3. The number of nitrogens with zero attached hydrogens (tertiary/aromatic N) is 2. The van der Waals surface area contributed by atoms with Crippen LogP contribution in [0.2, 0.25) is 0 Å². The van der Waals surface area contributed by atoms with Crippen LogP contribution in [0.5, 0.6) is 0 Å². The number of hydrogen-bond acceptors (Lipinski definition) is 3. The van der Waals surface area contributed by atoms with Crippen LogP contribution >= 0.6 is 11.3 Å². The van der Waals surface area contributed by atoms with Crippen LogP contribution in [-0.4, -0.2) is 37.1 Å². The van der Waals surface area contributed by atoms with E-state index in [1.807, 2.05) is 22.4 Å². The molecule has 1 aromatic carbocycles. The van der Waals surface area contributed by atoms with E-state index in [1.165, 1.54) is 21.7 Å². The van der Waals surface area contributed by atoms with Gasteiger partial charge in [-0.3, -0.25) is 0 Å². The van der Waals surface area contributed by atoms with E-state index < -0.39 is 0 Å². The SMILES string of the molecule is Cc1cccc(N2CCN(C(=O)NCc3cccs3)CC2)c1C. The van der Waals surface area contributed by atoms with Crippen molar-refractivity contribution in [3.05, 3.63) is 51.7 Å². The molecule has 0 spiro atoms. The molecule has 23 heavy (non-hydrogen) atoms. The predicted octanol–water partition coefficient (Wildman–Crippen LogP) is 3.40. The lowest BCUT2D eigenvalue weighted by Crippen LogP contribution is -2.51. The van der Waals surface area contributed by atoms with Crippen LogP contribution in [0, 0.1) is 13.8 Å². The number of nitrogens with one attached hydrogen (secondary N) is 1. The fourth-order valence-electron chi connectivity index (χ4n) is 2.92. The summed E-state index contributed by atoms with van der Waals surface area (Å²) in [6.07, 6.45) is 0. The Morgan fingerprint density at radius 2 is 1.91 bits per heavy atom. The highest BCUT2D eigenvalue weighted by molar-refractivity contribution is 7.09. The molecule has 0 bridgehead atoms. The minimum atomic E-state index is 0.0408. The first-order chi connectivity index (χ1) is 11.1. The van der Waals surface area contributed by atoms with Crippen LogP contribution < -0.4 is 10.2 Å². The highest BCUT2D eigenvalue weighted by Gasteiger charge is 2.22. The Hall–Kier alpha value is -2.01. The molecule has 2 heterocycles. The van der Waals surface area contributed by atoms with Crippen LogP contribution in [0.25, 0.3) is 0 Å². The van der Waals surface area contributed by atoms with Crippen LogP contribution in [-0.2, 0) is 6.54 Å². The Morgan fingerprint density at radius 3 is 2.61 bits per heavy atom. The molecule has 3 rings (SSSR count). The maximum Gasteiger partial charge on any atom is 0.317 e. The zero-order valence-corrected chi connectivity index (χ0v) is 14.5. The summed E-state index contributed by atoms with van der Waals surface area (Å²) in [7, 11) is 0. The molecule has 1 saturated heterocycles. The van der Waals surface area contributed by atoms with Gasteiger partial charge in [0, 0.05) is 36.7 Å². The molecule has 1 aromatic heterocycles. The van der Waals surface area contributed by atoms with Gasteiger partial charge in [-0.2, -0.15) is 0 Å². The average Bonchev–Trinajstić information content (AvgIpc) is 3.09. The number of amides is 2. The number of hydrogen-bond donors (Lipinski definition) is 1. The number of aryl methyl sites for hydroxylation is 1. The molecule has 1 aliphatic heterocycles. The molecule has 0 radical (unpaired) electrons. The van der Waals surface area contributed by atoms with Crippen molar-refractivity contribution >= 4 is 23.1 Å². The molecule has 5 heteroatoms. The van der Waals surface area contributed by atoms with Crippen molar-refractivity contribution in [3.8, 4) is 0 Å². The largest absolute Gasteiger partial charge is 0.368 e. The predicted molar refractivity (Wildman–Crippen MR) is 96.3 cm³/mol. The molecular formula is C18H23N3OS. The Bertz CT molecular complexity index is 661. The van der Waals surface area contributed by atoms with E-state index in [4.69, 9.17) is 0 Å². The van der Waals surface area contributed by atoms with E-state index in [2.05, 4.69) is 42.3 Å². The van der Waals surface area contributed by atoms with Gasteiger partial charge in [-0.05, 0) is 42.5 Å². The van der Waals surface area contributed by atoms with Gasteiger partial charge in [0.25, 0.3) is 0 Å². The van der Waals surface area contributed by atoms with Gasteiger partial charge >= 0.3 is 6.03 Å². The molecule has 1 fully saturated rings. The Kier molecular flexibility index (Phi) is 4.86. The second kappa shape index (κ2) is 7.04. The minimum Gasteiger partial charge on any atom is -0.368 e. The van der Waals surface area contributed by atoms with Crippen LogP contribution in [0.3, 0.4) is 0 Å². The molecule has 0 saturated carbocycles. The summed E-state index contributed by atoms with van der Waals surface area (Å²) in [5.74, 6) is 0. The van der Waals surface area contributed by atoms with Gasteiger partial charge in [-0.25, -0.2) is 4.79 Å². The monoisotopic (exact) mass is 329 g/mol. The first-order valence-corrected chi connectivity index (χ1v) is 8.89. The number of piperazine rings is 1. The summed E-state index contributed by atoms with van der Waals surface area (Å²) in [6.45, 7) is 8.24. The zero-order chi connectivity index (χ0) is 16.2. The number of urea groups is 1. The van der Waals surface area contributed by atoms with Gasteiger partial charge in [-0.1, -0.05) is 18.2 Å². The summed E-state index contributed by atoms with van der Waals surface area (Å²) < 4.78 is 0. The van der Waals surface area contributed by atoms with Crippen LogP contribution in [0.15, 0.2) is 35.7 Å². The van der Waals surface area contributed by atoms with E-state index >= 15 is 0 Å². The summed E-state index contributed by atoms with van der Waals surface area (Å²) in [4.78, 5) is 17.7. The molecular weight excluding hydrogens is 306 g/mol. The van der Waals surface area contributed by atoms with Gasteiger partial charge in [0.05, 0.1) is 6.54 Å². The number of rotatable bonds is 3. The second-order valence-electron chi connectivity index (χ2n) is 5.93. The van der Waals surface area contributed by atoms with E-state index in [0.29, 0.717) is 6.54 Å². The Labute approximate surface area is 141 Å². The van der Waals surface area contributed by atoms with Crippen LogP contribution in [0.4, 0.5) is 10.5 Å². The fraction of sp³-hybridized carbons (Fsp3) is 0.389. The van der Waals surface area contributed by atoms with Crippen molar-refractivity contribution in [3.63, 3.8) is 0 Å². The lowest BCUT2D eigenvalue weighted by molar-refractivity contribution is 0.194. The lowest BCUT2D eigenvalue weighted by Gasteiger charge is -2.37. The fourth-order valence-corrected chi connectivity index (χ4v) is 3.56. The van der Waals surface area contributed by atoms with E-state index in [-0.39, 0.29) is 6.03 Å². The third kappa shape index (κ3) is 3.67. The maximum absolute atomic E-state index is 12.3. The smallest absolute Gasteiger partial charge is 0.317 e. The van der Waals surface area contributed by atoms with Crippen molar-refractivity contribution < 1.29 is 4.79 Å². The van der Waals surface area contributed by atoms with Crippen LogP contribution in [0.1, 0.15) is 16.0 Å². The van der Waals surface area contributed by atoms with Crippen molar-refractivity contribution in [1.82, 2.24) is 10.2 Å². The molecule has 0 aliphatic carbocycles. The van der Waals surface area contributed by atoms with Crippen molar-refractivity contribution in [2.75, 3.05) is 31.1 Å². The first kappa shape index (κ1) is 15.9. The van der Waals surface area contributed by atoms with Crippen molar-refractivity contribution in [2.45, 2.75) is 20.4 Å². The molecule has 1 aliphatic rings. The molecule has 0 atom stereocenters. The standard InChI is InChI=1S/C18H23N3OS/c1-14-5-3-7-17(15(14)2)20-8-10-21(11-9-20)18(22)19-13-16-6-4-12-23-16/h3-7,12H,8-11,13H2,1-2H3,(H,19,22). The third-order valence-corrected chi connectivity index (χ3v) is 5.35. The van der Waals surface area contributed by atoms with Gasteiger partial charge in [-0.15, -0.1) is 11.3 Å². The number of carbonyl (C=O) groups excluding carboxylic acids is 1. The van der Waals surface area contributed by atoms with Gasteiger partial charge in [0.2, 0.25) is 0 Å². The summed E-state index contributed by atoms with van der Waals surface area (Å²) in [5, 5.41) is 5.04. The molecule has 1 N–H and O–H groups in total. The van der Waals surface area contributed by atoms with Crippen molar-refractivity contribution in [2.24, 2.45) is 0 Å². The third-order valence-electron chi connectivity index (χ3n) is 4.48. The van der Waals surface area contributed by atoms with Crippen molar-refractivity contribution in [1.29, 1.82) is 0 Å². The molecule has 122 valence electrons. The second-order valence-corrected chi connectivity index (χ2v) is 6.96. The normalized spacial score (nSPS) is 14.9. The van der Waals surface area contributed by atoms with Gasteiger partial charge in [0.15, 0.2) is 0 Å². The Morgan fingerprint density at radius 1 is 1.13 bits per heavy atom. The molecule has 4 nitrogen and oxygen atoms in total. The number of benzene rings is 1. The molecule has 2 aromatic rings. The van der Waals surface area contributed by atoms with E-state index in [1.54, 1.807) is 11.3 Å². The number of anilines is 1. The molecule has 0 unspecified atom stereocenters. The van der Waals surface area contributed by atoms with E-state index in [9.17, 15) is 4.79 Å². The van der Waals surface area contributed by atoms with E-state index in [0.717, 1.165) is 26.2 Å². The van der Waals surface area contributed by atoms with Gasteiger partial charge in [0.1, 0.15) is 0 Å². The summed E-state index contributed by atoms with van der Waals surface area (Å²) in [6, 6.07) is 10.5. The first-order valence-electron chi connectivity index (χ1n) is 8.01. The highest BCUT2D eigenvalue weighted by Crippen LogP contribution is 2.23. The highest BCUT2D eigenvalue weighted by atomic mass is 32.1. The minimum absolute atomic E-state index is 0.0408. The summed E-state index contributed by atoms with van der Waals surface area (Å²) >= 11 is 1.67.